The van der Waals surface area contributed by atoms with Gasteiger partial charge in [0, 0.05) is 6.92 Å². The van der Waals surface area contributed by atoms with Crippen LogP contribution in [0.5, 0.6) is 0 Å². The van der Waals surface area contributed by atoms with Crippen LogP contribution in [0.15, 0.2) is 36.6 Å². The number of esters is 1. The van der Waals surface area contributed by atoms with Crippen LogP contribution in [-0.2, 0) is 19.0 Å². The lowest BCUT2D eigenvalue weighted by molar-refractivity contribution is -0.147. The van der Waals surface area contributed by atoms with Gasteiger partial charge in [-0.15, -0.1) is 0 Å². The van der Waals surface area contributed by atoms with Crippen LogP contribution < -0.4 is 0 Å². The van der Waals surface area contributed by atoms with Gasteiger partial charge in [-0.25, -0.2) is 0 Å². The molecule has 0 saturated heterocycles. The number of carbonyl (C=O) groups is 1. The Balaban J connectivity index is 2.15. The maximum absolute atomic E-state index is 10.5. The fourth-order valence-electron chi connectivity index (χ4n) is 1.23. The molecule has 0 aliphatic carbocycles. The predicted octanol–water partition coefficient (Wildman–Crippen LogP) is 2.60. The minimum absolute atomic E-state index is 0.242. The largest absolute Gasteiger partial charge is 0.473 e. The molecule has 1 unspecified atom stereocenters. The molecule has 0 fully saturated rings. The van der Waals surface area contributed by atoms with Crippen molar-refractivity contribution in [3.8, 4) is 0 Å². The van der Waals surface area contributed by atoms with E-state index in [9.17, 15) is 4.79 Å². The first kappa shape index (κ1) is 14.3. The van der Waals surface area contributed by atoms with Crippen molar-refractivity contribution in [2.45, 2.75) is 20.1 Å². The van der Waals surface area contributed by atoms with Crippen LogP contribution in [0.1, 0.15) is 19.4 Å². The molecule has 1 rings (SSSR count). The Hall–Kier alpha value is -1.81. The van der Waals surface area contributed by atoms with Gasteiger partial charge in [-0.3, -0.25) is 4.79 Å². The van der Waals surface area contributed by atoms with E-state index in [0.29, 0.717) is 6.61 Å². The summed E-state index contributed by atoms with van der Waals surface area (Å²) in [5.74, 6) is -0.309. The van der Waals surface area contributed by atoms with Gasteiger partial charge in [0.25, 0.3) is 0 Å². The zero-order valence-corrected chi connectivity index (χ0v) is 10.7. The average molecular weight is 250 g/mol. The van der Waals surface area contributed by atoms with Crippen molar-refractivity contribution in [3.05, 3.63) is 42.2 Å². The summed E-state index contributed by atoms with van der Waals surface area (Å²) < 4.78 is 15.3. The quantitative estimate of drug-likeness (QED) is 0.323. The molecule has 98 valence electrons. The second-order valence-electron chi connectivity index (χ2n) is 3.63. The molecular weight excluding hydrogens is 232 g/mol. The average Bonchev–Trinajstić information content (AvgIpc) is 2.36. The zero-order valence-electron chi connectivity index (χ0n) is 10.7. The van der Waals surface area contributed by atoms with Crippen molar-refractivity contribution in [3.63, 3.8) is 0 Å². The number of benzene rings is 1. The van der Waals surface area contributed by atoms with E-state index in [1.54, 1.807) is 13.2 Å². The number of carbonyl (C=O) groups excluding carboxylic acids is 1. The van der Waals surface area contributed by atoms with Crippen LogP contribution in [0.4, 0.5) is 0 Å². The van der Waals surface area contributed by atoms with Crippen LogP contribution in [0.2, 0.25) is 0 Å². The molecule has 1 atom stereocenters. The first-order chi connectivity index (χ1) is 8.68. The zero-order chi connectivity index (χ0) is 13.2. The lowest BCUT2D eigenvalue weighted by Crippen LogP contribution is -2.15. The summed E-state index contributed by atoms with van der Waals surface area (Å²) in [4.78, 5) is 10.5. The van der Waals surface area contributed by atoms with Crippen molar-refractivity contribution in [2.75, 3.05) is 13.2 Å². The Morgan fingerprint density at radius 2 is 2.00 bits per heavy atom. The van der Waals surface area contributed by atoms with E-state index < -0.39 is 0 Å². The lowest BCUT2D eigenvalue weighted by Gasteiger charge is -2.12. The van der Waals surface area contributed by atoms with Crippen LogP contribution in [0.3, 0.4) is 0 Å². The highest BCUT2D eigenvalue weighted by Gasteiger charge is 2.00. The van der Waals surface area contributed by atoms with E-state index in [1.807, 2.05) is 36.4 Å². The van der Waals surface area contributed by atoms with Crippen molar-refractivity contribution >= 4 is 12.0 Å². The molecular formula is C14H18O4. The first-order valence-corrected chi connectivity index (χ1v) is 5.80. The highest BCUT2D eigenvalue weighted by Crippen LogP contribution is 2.02. The van der Waals surface area contributed by atoms with Crippen molar-refractivity contribution in [1.29, 1.82) is 0 Å². The van der Waals surface area contributed by atoms with E-state index in [2.05, 4.69) is 0 Å². The smallest absolute Gasteiger partial charge is 0.302 e. The summed E-state index contributed by atoms with van der Waals surface area (Å²) in [5, 5.41) is 0. The van der Waals surface area contributed by atoms with Gasteiger partial charge in [0.2, 0.25) is 0 Å². The number of rotatable bonds is 7. The van der Waals surface area contributed by atoms with Crippen molar-refractivity contribution < 1.29 is 19.0 Å². The summed E-state index contributed by atoms with van der Waals surface area (Å²) in [6.07, 6.45) is 3.07. The van der Waals surface area contributed by atoms with Gasteiger partial charge in [-0.2, -0.15) is 0 Å². The molecule has 1 aromatic carbocycles. The Labute approximate surface area is 107 Å². The van der Waals surface area contributed by atoms with Crippen LogP contribution >= 0.6 is 0 Å². The number of hydrogen-bond acceptors (Lipinski definition) is 4. The van der Waals surface area contributed by atoms with Crippen LogP contribution in [0.25, 0.3) is 6.08 Å². The minimum Gasteiger partial charge on any atom is -0.473 e. The summed E-state index contributed by atoms with van der Waals surface area (Å²) in [6, 6.07) is 9.83. The number of ether oxygens (including phenoxy) is 3. The van der Waals surface area contributed by atoms with Gasteiger partial charge in [0.05, 0.1) is 12.9 Å². The molecule has 0 amide bonds. The van der Waals surface area contributed by atoms with E-state index in [1.165, 1.54) is 6.92 Å². The molecule has 0 aromatic heterocycles. The normalized spacial score (nSPS) is 12.3. The first-order valence-electron chi connectivity index (χ1n) is 5.80. The highest BCUT2D eigenvalue weighted by atomic mass is 16.7. The summed E-state index contributed by atoms with van der Waals surface area (Å²) in [7, 11) is 0. The molecule has 4 nitrogen and oxygen atoms in total. The summed E-state index contributed by atoms with van der Waals surface area (Å²) in [5.41, 5.74) is 1.06. The topological polar surface area (TPSA) is 44.8 Å². The SMILES string of the molecule is CC(=O)OCCOC(C)OC=Cc1ccccc1. The van der Waals surface area contributed by atoms with Gasteiger partial charge < -0.3 is 14.2 Å². The molecule has 0 saturated carbocycles. The maximum Gasteiger partial charge on any atom is 0.302 e. The van der Waals surface area contributed by atoms with Gasteiger partial charge >= 0.3 is 5.97 Å². The molecule has 1 aromatic rings. The predicted molar refractivity (Wildman–Crippen MR) is 68.6 cm³/mol. The molecule has 0 heterocycles. The Kier molecular flexibility index (Phi) is 6.58. The molecule has 0 spiro atoms. The fourth-order valence-corrected chi connectivity index (χ4v) is 1.23. The number of hydrogen-bond donors (Lipinski definition) is 0. The Morgan fingerprint density at radius 3 is 2.67 bits per heavy atom. The molecule has 0 bridgehead atoms. The molecule has 0 aliphatic rings. The highest BCUT2D eigenvalue weighted by molar-refractivity contribution is 5.65. The second-order valence-corrected chi connectivity index (χ2v) is 3.63. The lowest BCUT2D eigenvalue weighted by atomic mass is 10.2. The molecule has 4 heteroatoms. The summed E-state index contributed by atoms with van der Waals surface area (Å²) in [6.45, 7) is 3.71. The molecule has 0 radical (unpaired) electrons. The van der Waals surface area contributed by atoms with Gasteiger partial charge in [-0.1, -0.05) is 30.3 Å². The van der Waals surface area contributed by atoms with E-state index in [-0.39, 0.29) is 18.9 Å². The third kappa shape index (κ3) is 6.70. The van der Waals surface area contributed by atoms with Gasteiger partial charge in [0.1, 0.15) is 6.61 Å². The van der Waals surface area contributed by atoms with Gasteiger partial charge in [-0.05, 0) is 18.6 Å². The Bertz CT molecular complexity index is 373. The van der Waals surface area contributed by atoms with Crippen molar-refractivity contribution in [2.24, 2.45) is 0 Å². The monoisotopic (exact) mass is 250 g/mol. The van der Waals surface area contributed by atoms with Crippen molar-refractivity contribution in [1.82, 2.24) is 0 Å². The van der Waals surface area contributed by atoms with Gasteiger partial charge in [0.15, 0.2) is 6.29 Å². The maximum atomic E-state index is 10.5. The Morgan fingerprint density at radius 1 is 1.28 bits per heavy atom. The molecule has 0 aliphatic heterocycles. The molecule has 18 heavy (non-hydrogen) atoms. The van der Waals surface area contributed by atoms with Crippen LogP contribution in [-0.4, -0.2) is 25.5 Å². The minimum atomic E-state index is -0.375. The second kappa shape index (κ2) is 8.31. The van der Waals surface area contributed by atoms with E-state index in [0.717, 1.165) is 5.56 Å². The molecule has 0 N–H and O–H groups in total. The standard InChI is InChI=1S/C14H18O4/c1-12(15)16-10-11-18-13(2)17-9-8-14-6-4-3-5-7-14/h3-9,13H,10-11H2,1-2H3. The third-order valence-electron chi connectivity index (χ3n) is 2.07. The fraction of sp³-hybridized carbons (Fsp3) is 0.357. The third-order valence-corrected chi connectivity index (χ3v) is 2.07. The van der Waals surface area contributed by atoms with E-state index >= 15 is 0 Å². The summed E-state index contributed by atoms with van der Waals surface area (Å²) >= 11 is 0. The van der Waals surface area contributed by atoms with E-state index in [4.69, 9.17) is 14.2 Å². The van der Waals surface area contributed by atoms with Crippen LogP contribution in [0, 0.1) is 0 Å².